The molecular formula is C15H19ClF2N4O. The molecule has 8 heteroatoms. The van der Waals surface area contributed by atoms with Gasteiger partial charge >= 0.3 is 0 Å². The summed E-state index contributed by atoms with van der Waals surface area (Å²) >= 11 is 5.90. The van der Waals surface area contributed by atoms with Gasteiger partial charge in [0, 0.05) is 25.9 Å². The second kappa shape index (κ2) is 5.87. The molecule has 23 heavy (non-hydrogen) atoms. The summed E-state index contributed by atoms with van der Waals surface area (Å²) in [5.74, 6) is -2.91. The average molecular weight is 345 g/mol. The van der Waals surface area contributed by atoms with Gasteiger partial charge in [0.15, 0.2) is 0 Å². The first-order valence-electron chi connectivity index (χ1n) is 7.52. The van der Waals surface area contributed by atoms with Gasteiger partial charge in [0.05, 0.1) is 23.9 Å². The Kier molecular flexibility index (Phi) is 4.18. The van der Waals surface area contributed by atoms with E-state index in [0.29, 0.717) is 17.7 Å². The highest BCUT2D eigenvalue weighted by Crippen LogP contribution is 2.36. The summed E-state index contributed by atoms with van der Waals surface area (Å²) in [6.07, 6.45) is 2.70. The van der Waals surface area contributed by atoms with Crippen LogP contribution in [0, 0.1) is 0 Å². The fraction of sp³-hybridized carbons (Fsp3) is 0.600. The van der Waals surface area contributed by atoms with Crippen LogP contribution in [-0.2, 0) is 4.74 Å². The molecule has 1 aliphatic heterocycles. The van der Waals surface area contributed by atoms with Crippen LogP contribution in [0.3, 0.4) is 0 Å². The van der Waals surface area contributed by atoms with Crippen LogP contribution >= 0.6 is 11.6 Å². The molecule has 126 valence electrons. The second-order valence-corrected chi connectivity index (χ2v) is 6.42. The molecule has 0 aliphatic carbocycles. The number of nitrogens with zero attached hydrogens (tertiary/aromatic N) is 4. The van der Waals surface area contributed by atoms with Crippen molar-refractivity contribution in [3.63, 3.8) is 0 Å². The molecule has 1 fully saturated rings. The standard InChI is InChI=1S/C15H19ClF2N4O/c1-9(2)22-7-11(13-10(22)6-19-14(16)20-13)21-5-4-12(23-3)15(17,18)8-21/h6-7,9,12H,4-5,8H2,1-3H3. The number of fused-ring (bicyclic) bond motifs is 1. The summed E-state index contributed by atoms with van der Waals surface area (Å²) in [7, 11) is 1.33. The van der Waals surface area contributed by atoms with Crippen LogP contribution in [-0.4, -0.2) is 46.8 Å². The third-order valence-electron chi connectivity index (χ3n) is 4.24. The zero-order chi connectivity index (χ0) is 16.8. The SMILES string of the molecule is COC1CCN(c2cn(C(C)C)c3cnc(Cl)nc23)CC1(F)F. The van der Waals surface area contributed by atoms with Crippen molar-refractivity contribution in [2.24, 2.45) is 0 Å². The number of aromatic nitrogens is 3. The minimum atomic E-state index is -2.91. The molecule has 3 rings (SSSR count). The molecule has 1 unspecified atom stereocenters. The molecule has 2 aromatic heterocycles. The van der Waals surface area contributed by atoms with Crippen molar-refractivity contribution in [3.8, 4) is 0 Å². The van der Waals surface area contributed by atoms with Crippen molar-refractivity contribution < 1.29 is 13.5 Å². The number of hydrogen-bond donors (Lipinski definition) is 0. The van der Waals surface area contributed by atoms with E-state index in [1.165, 1.54) is 7.11 Å². The molecule has 3 heterocycles. The van der Waals surface area contributed by atoms with Gasteiger partial charge in [0.25, 0.3) is 5.92 Å². The maximum Gasteiger partial charge on any atom is 0.290 e. The molecule has 0 N–H and O–H groups in total. The van der Waals surface area contributed by atoms with Gasteiger partial charge in [0.2, 0.25) is 5.28 Å². The monoisotopic (exact) mass is 344 g/mol. The highest BCUT2D eigenvalue weighted by Gasteiger charge is 2.45. The molecule has 1 aliphatic rings. The number of halogens is 3. The summed E-state index contributed by atoms with van der Waals surface area (Å²) in [6, 6.07) is 0.160. The molecule has 0 radical (unpaired) electrons. The van der Waals surface area contributed by atoms with Crippen LogP contribution in [0.15, 0.2) is 12.4 Å². The van der Waals surface area contributed by atoms with Gasteiger partial charge in [-0.15, -0.1) is 0 Å². The zero-order valence-electron chi connectivity index (χ0n) is 13.3. The van der Waals surface area contributed by atoms with Crippen molar-refractivity contribution in [2.45, 2.75) is 38.3 Å². The first-order chi connectivity index (χ1) is 10.8. The summed E-state index contributed by atoms with van der Waals surface area (Å²) in [6.45, 7) is 4.12. The number of anilines is 1. The van der Waals surface area contributed by atoms with E-state index in [1.54, 1.807) is 11.1 Å². The Morgan fingerprint density at radius 3 is 2.78 bits per heavy atom. The highest BCUT2D eigenvalue weighted by atomic mass is 35.5. The summed E-state index contributed by atoms with van der Waals surface area (Å²) in [5.41, 5.74) is 2.05. The molecule has 5 nitrogen and oxygen atoms in total. The van der Waals surface area contributed by atoms with Gasteiger partial charge in [-0.1, -0.05) is 0 Å². The lowest BCUT2D eigenvalue weighted by Crippen LogP contribution is -2.52. The Bertz CT molecular complexity index is 719. The van der Waals surface area contributed by atoms with Crippen molar-refractivity contribution in [3.05, 3.63) is 17.7 Å². The second-order valence-electron chi connectivity index (χ2n) is 6.08. The maximum atomic E-state index is 14.2. The van der Waals surface area contributed by atoms with E-state index in [0.717, 1.165) is 5.52 Å². The molecule has 0 aromatic carbocycles. The number of alkyl halides is 2. The zero-order valence-corrected chi connectivity index (χ0v) is 14.0. The molecule has 0 saturated carbocycles. The number of hydrogen-bond acceptors (Lipinski definition) is 4. The fourth-order valence-electron chi connectivity index (χ4n) is 3.07. The van der Waals surface area contributed by atoms with Crippen LogP contribution in [0.5, 0.6) is 0 Å². The first-order valence-corrected chi connectivity index (χ1v) is 7.90. The van der Waals surface area contributed by atoms with Gasteiger partial charge in [-0.25, -0.2) is 18.7 Å². The minimum absolute atomic E-state index is 0.110. The number of ether oxygens (including phenoxy) is 1. The van der Waals surface area contributed by atoms with Crippen molar-refractivity contribution >= 4 is 28.3 Å². The molecule has 0 spiro atoms. The lowest BCUT2D eigenvalue weighted by Gasteiger charge is -2.38. The van der Waals surface area contributed by atoms with Crippen molar-refractivity contribution in [1.82, 2.24) is 14.5 Å². The molecule has 2 aromatic rings. The molecule has 0 amide bonds. The van der Waals surface area contributed by atoms with Crippen LogP contribution in [0.1, 0.15) is 26.3 Å². The lowest BCUT2D eigenvalue weighted by molar-refractivity contribution is -0.129. The Morgan fingerprint density at radius 1 is 1.43 bits per heavy atom. The fourth-order valence-corrected chi connectivity index (χ4v) is 3.20. The third-order valence-corrected chi connectivity index (χ3v) is 4.42. The quantitative estimate of drug-likeness (QED) is 0.799. The third kappa shape index (κ3) is 2.87. The molecule has 1 saturated heterocycles. The number of piperidine rings is 1. The van der Waals surface area contributed by atoms with E-state index in [-0.39, 0.29) is 17.7 Å². The van der Waals surface area contributed by atoms with Gasteiger partial charge in [-0.2, -0.15) is 0 Å². The average Bonchev–Trinajstić information content (AvgIpc) is 2.85. The Labute approximate surface area is 138 Å². The van der Waals surface area contributed by atoms with Crippen LogP contribution in [0.4, 0.5) is 14.5 Å². The van der Waals surface area contributed by atoms with E-state index in [2.05, 4.69) is 9.97 Å². The Morgan fingerprint density at radius 2 is 2.17 bits per heavy atom. The van der Waals surface area contributed by atoms with Crippen LogP contribution in [0.25, 0.3) is 11.0 Å². The van der Waals surface area contributed by atoms with E-state index in [4.69, 9.17) is 16.3 Å². The Hall–Kier alpha value is -1.47. The van der Waals surface area contributed by atoms with Gasteiger partial charge in [0.1, 0.15) is 11.6 Å². The summed E-state index contributed by atoms with van der Waals surface area (Å²) in [4.78, 5) is 9.92. The van der Waals surface area contributed by atoms with Crippen molar-refractivity contribution in [2.75, 3.05) is 25.1 Å². The topological polar surface area (TPSA) is 43.2 Å². The smallest absolute Gasteiger partial charge is 0.290 e. The van der Waals surface area contributed by atoms with Crippen LogP contribution < -0.4 is 4.90 Å². The molecule has 0 bridgehead atoms. The van der Waals surface area contributed by atoms with E-state index >= 15 is 0 Å². The predicted molar refractivity (Wildman–Crippen MR) is 85.5 cm³/mol. The molecular weight excluding hydrogens is 326 g/mol. The van der Waals surface area contributed by atoms with E-state index in [1.807, 2.05) is 24.6 Å². The molecule has 1 atom stereocenters. The predicted octanol–water partition coefficient (Wildman–Crippen LogP) is 3.53. The minimum Gasteiger partial charge on any atom is -0.375 e. The van der Waals surface area contributed by atoms with Crippen LogP contribution in [0.2, 0.25) is 5.28 Å². The highest BCUT2D eigenvalue weighted by molar-refractivity contribution is 6.28. The summed E-state index contributed by atoms with van der Waals surface area (Å²) in [5, 5.41) is 0.110. The van der Waals surface area contributed by atoms with E-state index in [9.17, 15) is 8.78 Å². The van der Waals surface area contributed by atoms with Gasteiger partial charge in [-0.3, -0.25) is 0 Å². The van der Waals surface area contributed by atoms with Gasteiger partial charge < -0.3 is 14.2 Å². The van der Waals surface area contributed by atoms with Gasteiger partial charge in [-0.05, 0) is 31.9 Å². The normalized spacial score (nSPS) is 21.3. The summed E-state index contributed by atoms with van der Waals surface area (Å²) < 4.78 is 35.3. The lowest BCUT2D eigenvalue weighted by atomic mass is 10.0. The largest absolute Gasteiger partial charge is 0.375 e. The Balaban J connectivity index is 2.05. The maximum absolute atomic E-state index is 14.2. The number of methoxy groups -OCH3 is 1. The number of rotatable bonds is 3. The van der Waals surface area contributed by atoms with E-state index < -0.39 is 18.6 Å². The van der Waals surface area contributed by atoms with Crippen molar-refractivity contribution in [1.29, 1.82) is 0 Å². The first kappa shape index (κ1) is 16.4.